The van der Waals surface area contributed by atoms with Crippen molar-refractivity contribution in [3.05, 3.63) is 304 Å². The largest absolute Gasteiger partial charge is 0.485 e. The predicted molar refractivity (Wildman–Crippen MR) is 335 cm³/mol. The summed E-state index contributed by atoms with van der Waals surface area (Å²) in [5.74, 6) is -4.31. The van der Waals surface area contributed by atoms with Crippen LogP contribution < -0.4 is 0 Å². The van der Waals surface area contributed by atoms with E-state index in [4.69, 9.17) is 4.74 Å². The summed E-state index contributed by atoms with van der Waals surface area (Å²) in [6.45, 7) is 8.09. The Morgan fingerprint density at radius 3 is 2.10 bits per heavy atom. The van der Waals surface area contributed by atoms with Gasteiger partial charge in [0.25, 0.3) is 0 Å². The van der Waals surface area contributed by atoms with Crippen molar-refractivity contribution in [2.24, 2.45) is 41.4 Å². The molecule has 0 radical (unpaired) electrons. The van der Waals surface area contributed by atoms with Gasteiger partial charge in [0.15, 0.2) is 0 Å². The molecular weight excluding hydrogens is 1130 g/mol. The Labute approximate surface area is 516 Å². The molecule has 0 aromatic heterocycles. The number of halogens is 8. The van der Waals surface area contributed by atoms with Crippen molar-refractivity contribution in [2.45, 2.75) is 118 Å². The van der Waals surface area contributed by atoms with E-state index in [0.29, 0.717) is 48.5 Å². The Balaban J connectivity index is 0.856. The normalized spacial score (nSPS) is 35.5. The molecule has 11 heteroatoms. The summed E-state index contributed by atoms with van der Waals surface area (Å²) in [7, 11) is 0. The van der Waals surface area contributed by atoms with Crippen molar-refractivity contribution in [1.82, 2.24) is 9.80 Å². The fourth-order valence-corrected chi connectivity index (χ4v) is 18.3. The molecule has 0 amide bonds. The average Bonchev–Trinajstić information content (AvgIpc) is 1.57. The van der Waals surface area contributed by atoms with Crippen LogP contribution in [0.15, 0.2) is 270 Å². The van der Waals surface area contributed by atoms with Crippen molar-refractivity contribution in [2.75, 3.05) is 0 Å². The summed E-state index contributed by atoms with van der Waals surface area (Å²) >= 11 is 0. The molecule has 89 heavy (non-hydrogen) atoms. The molecule has 1 aliphatic heterocycles. The van der Waals surface area contributed by atoms with Crippen LogP contribution in [-0.4, -0.2) is 46.5 Å². The maximum Gasteiger partial charge on any atom is 0.149 e. The molecule has 3 aromatic rings. The maximum atomic E-state index is 17.3. The first-order valence-corrected chi connectivity index (χ1v) is 31.8. The van der Waals surface area contributed by atoms with E-state index < -0.39 is 96.6 Å². The van der Waals surface area contributed by atoms with Gasteiger partial charge in [-0.2, -0.15) is 0 Å². The third kappa shape index (κ3) is 9.06. The Hall–Kier alpha value is -7.92. The number of hydrogen-bond donors (Lipinski definition) is 0. The molecule has 0 N–H and O–H groups in total. The van der Waals surface area contributed by atoms with Gasteiger partial charge in [0.2, 0.25) is 0 Å². The third-order valence-corrected chi connectivity index (χ3v) is 22.1. The van der Waals surface area contributed by atoms with Gasteiger partial charge in [-0.25, -0.2) is 35.1 Å². The zero-order valence-corrected chi connectivity index (χ0v) is 49.4. The number of benzene rings is 3. The highest BCUT2D eigenvalue weighted by Crippen LogP contribution is 2.66. The number of rotatable bonds is 12. The van der Waals surface area contributed by atoms with E-state index in [9.17, 15) is 0 Å². The summed E-state index contributed by atoms with van der Waals surface area (Å²) in [5.41, 5.74) is 8.45. The molecule has 454 valence electrons. The number of nitrogens with zero attached hydrogens (tertiary/aromatic N) is 2. The smallest absolute Gasteiger partial charge is 0.149 e. The highest BCUT2D eigenvalue weighted by atomic mass is 19.2. The standard InChI is InChI=1S/C78H70F8N2O/c1-3-45-19-23-47(24-20-45)77(49-27-31-51(79)32-28-49)61-15-7-5-11-55(61)57-37-35-53(39-63(57)77)87(73-43-67(83)65(81)41-69(73)85)71-17-9-13-59-60-14-10-18-72(76(60)89-75(59)71)88(74-44-68(84)66(82)42-70(74)86)54-36-38-58-56-12-6-8-16-62(56)78(64(58)40-54,50-29-33-52(80)34-30-50)48-25-21-46(4-2)22-26-48/h3-17,19,21-23,25-28,31-33,35-40,50,55,57-59,61,63-65,67,70,72,74-75H,1-2,18,20,24,29-30,34,41-44H2. The van der Waals surface area contributed by atoms with Crippen LogP contribution in [0.1, 0.15) is 97.9 Å². The number of hydrogen-bond acceptors (Lipinski definition) is 3. The van der Waals surface area contributed by atoms with Gasteiger partial charge < -0.3 is 14.5 Å². The molecule has 0 spiro atoms. The van der Waals surface area contributed by atoms with Crippen molar-refractivity contribution >= 4 is 6.08 Å². The van der Waals surface area contributed by atoms with Crippen LogP contribution in [-0.2, 0) is 15.6 Å². The quantitative estimate of drug-likeness (QED) is 0.168. The van der Waals surface area contributed by atoms with Gasteiger partial charge in [0.05, 0.1) is 29.3 Å². The second kappa shape index (κ2) is 22.5. The first-order valence-electron chi connectivity index (χ1n) is 31.8. The van der Waals surface area contributed by atoms with Crippen LogP contribution in [0.4, 0.5) is 35.1 Å². The van der Waals surface area contributed by atoms with Gasteiger partial charge in [0.1, 0.15) is 53.7 Å². The number of allylic oxidation sites excluding steroid dienone is 23. The van der Waals surface area contributed by atoms with Crippen molar-refractivity contribution in [3.63, 3.8) is 0 Å². The zero-order valence-electron chi connectivity index (χ0n) is 49.4. The maximum absolute atomic E-state index is 17.3. The lowest BCUT2D eigenvalue weighted by molar-refractivity contribution is 0.0529. The van der Waals surface area contributed by atoms with Crippen molar-refractivity contribution in [1.29, 1.82) is 0 Å². The summed E-state index contributed by atoms with van der Waals surface area (Å²) in [4.78, 5) is 3.68. The van der Waals surface area contributed by atoms with Gasteiger partial charge in [-0.15, -0.1) is 0 Å². The zero-order chi connectivity index (χ0) is 61.0. The molecule has 16 unspecified atom stereocenters. The highest BCUT2D eigenvalue weighted by molar-refractivity contribution is 5.61. The summed E-state index contributed by atoms with van der Waals surface area (Å²) in [6.07, 6.45) is 34.6. The summed E-state index contributed by atoms with van der Waals surface area (Å²) in [6, 6.07) is 21.7. The molecular formula is C78H70F8N2O. The lowest BCUT2D eigenvalue weighted by Crippen LogP contribution is -2.50. The fourth-order valence-electron chi connectivity index (χ4n) is 18.3. The van der Waals surface area contributed by atoms with Crippen LogP contribution in [0.3, 0.4) is 0 Å². The van der Waals surface area contributed by atoms with Crippen LogP contribution in [0.5, 0.6) is 0 Å². The van der Waals surface area contributed by atoms with Gasteiger partial charge in [-0.05, 0) is 132 Å². The first-order chi connectivity index (χ1) is 43.3. The Morgan fingerprint density at radius 1 is 0.596 bits per heavy atom. The topological polar surface area (TPSA) is 15.7 Å². The fraction of sp³-hybridized carbons (Fsp3) is 0.333. The van der Waals surface area contributed by atoms with E-state index in [1.54, 1.807) is 17.1 Å². The molecule has 16 atom stereocenters. The molecule has 0 bridgehead atoms. The average molecular weight is 1200 g/mol. The molecule has 1 saturated carbocycles. The molecule has 3 nitrogen and oxygen atoms in total. The van der Waals surface area contributed by atoms with E-state index in [1.165, 1.54) is 12.1 Å². The summed E-state index contributed by atoms with van der Waals surface area (Å²) < 4.78 is 136. The second-order valence-electron chi connectivity index (χ2n) is 26.2. The number of fused-ring (bicyclic) bond motifs is 8. The van der Waals surface area contributed by atoms with E-state index in [-0.39, 0.29) is 65.2 Å². The van der Waals surface area contributed by atoms with Crippen LogP contribution in [0, 0.1) is 47.2 Å². The predicted octanol–water partition coefficient (Wildman–Crippen LogP) is 19.4. The lowest BCUT2D eigenvalue weighted by atomic mass is 9.57. The SMILES string of the molecule is C=CC1=CC=C(C2(c3ccc(F)cc3)C3C=CC=CC3C3C=CC(N(C4=CC=CC5C6=C(OC45)C(N(C4=CC5C(C=C4)c4ccccc4C5(c4ccc(C=C)cc4)C4CC=C(F)CC4)C4CC(F)=C(F)CC4F)CC=C6)C4=C(F)CC(F)C(F)C4)=CC32)CC1. The minimum atomic E-state index is -2.05. The Kier molecular flexibility index (Phi) is 14.6. The minimum absolute atomic E-state index is 0.0172. The van der Waals surface area contributed by atoms with Crippen LogP contribution >= 0.6 is 0 Å². The van der Waals surface area contributed by atoms with Gasteiger partial charge >= 0.3 is 0 Å². The van der Waals surface area contributed by atoms with Crippen LogP contribution in [0.25, 0.3) is 6.08 Å². The number of ether oxygens (including phenoxy) is 1. The monoisotopic (exact) mass is 1200 g/mol. The molecule has 1 heterocycles. The van der Waals surface area contributed by atoms with Crippen LogP contribution in [0.2, 0.25) is 0 Å². The summed E-state index contributed by atoms with van der Waals surface area (Å²) in [5, 5.41) is 0. The minimum Gasteiger partial charge on any atom is -0.485 e. The lowest BCUT2D eigenvalue weighted by Gasteiger charge is -2.48. The first kappa shape index (κ1) is 57.5. The Bertz CT molecular complexity index is 3930. The molecule has 15 rings (SSSR count). The van der Waals surface area contributed by atoms with Crippen molar-refractivity contribution < 1.29 is 39.9 Å². The molecule has 0 saturated heterocycles. The molecule has 1 fully saturated rings. The molecule has 12 aliphatic rings. The third-order valence-electron chi connectivity index (χ3n) is 22.1. The van der Waals surface area contributed by atoms with Gasteiger partial charge in [-0.1, -0.05) is 183 Å². The van der Waals surface area contributed by atoms with Crippen molar-refractivity contribution in [3.8, 4) is 0 Å². The van der Waals surface area contributed by atoms with Gasteiger partial charge in [-0.3, -0.25) is 0 Å². The van der Waals surface area contributed by atoms with E-state index in [1.807, 2.05) is 77.8 Å². The highest BCUT2D eigenvalue weighted by Gasteiger charge is 2.62. The molecule has 3 aromatic carbocycles. The van der Waals surface area contributed by atoms with E-state index >= 15 is 35.1 Å². The van der Waals surface area contributed by atoms with Gasteiger partial charge in [0, 0.05) is 71.2 Å². The molecule has 11 aliphatic carbocycles. The Morgan fingerprint density at radius 2 is 1.33 bits per heavy atom. The number of alkyl halides is 3. The second-order valence-corrected chi connectivity index (χ2v) is 26.2. The van der Waals surface area contributed by atoms with E-state index in [2.05, 4.69) is 110 Å². The van der Waals surface area contributed by atoms with E-state index in [0.717, 1.165) is 51.0 Å².